The molecule has 0 radical (unpaired) electrons. The first-order valence-electron chi connectivity index (χ1n) is 8.51. The highest BCUT2D eigenvalue weighted by atomic mass is 127. The Balaban J connectivity index is 2.41. The van der Waals surface area contributed by atoms with Gasteiger partial charge < -0.3 is 4.74 Å². The van der Waals surface area contributed by atoms with E-state index in [4.69, 9.17) is 4.74 Å². The van der Waals surface area contributed by atoms with Crippen molar-refractivity contribution in [2.24, 2.45) is 0 Å². The van der Waals surface area contributed by atoms with Crippen molar-refractivity contribution in [3.63, 3.8) is 0 Å². The zero-order chi connectivity index (χ0) is 18.8. The molecule has 0 saturated carbocycles. The van der Waals surface area contributed by atoms with Crippen molar-refractivity contribution in [1.82, 2.24) is 0 Å². The summed E-state index contributed by atoms with van der Waals surface area (Å²) in [5.41, 5.74) is 4.29. The summed E-state index contributed by atoms with van der Waals surface area (Å²) in [6, 6.07) is 4.30. The fourth-order valence-corrected chi connectivity index (χ4v) is 6.17. The molecular weight excluding hydrogens is 649 g/mol. The zero-order valence-corrected chi connectivity index (χ0v) is 21.9. The number of allylic oxidation sites excluding steroid dienone is 5. The quantitative estimate of drug-likeness (QED) is 0.189. The van der Waals surface area contributed by atoms with Gasteiger partial charge in [-0.05, 0) is 139 Å². The molecule has 0 saturated heterocycles. The number of benzene rings is 1. The van der Waals surface area contributed by atoms with Crippen LogP contribution in [0.4, 0.5) is 0 Å². The van der Waals surface area contributed by atoms with E-state index in [0.29, 0.717) is 6.61 Å². The largest absolute Gasteiger partial charge is 0.487 e. The minimum Gasteiger partial charge on any atom is -0.487 e. The van der Waals surface area contributed by atoms with Crippen LogP contribution in [0.2, 0.25) is 0 Å². The molecule has 1 nitrogen and oxygen atoms in total. The Morgan fingerprint density at radius 3 is 1.92 bits per heavy atom. The molecule has 1 aromatic carbocycles. The highest BCUT2D eigenvalue weighted by molar-refractivity contribution is 14.1. The van der Waals surface area contributed by atoms with Gasteiger partial charge in [0.25, 0.3) is 0 Å². The van der Waals surface area contributed by atoms with Crippen LogP contribution in [0.1, 0.15) is 53.4 Å². The summed E-state index contributed by atoms with van der Waals surface area (Å²) < 4.78 is 9.58. The van der Waals surface area contributed by atoms with E-state index in [1.807, 2.05) is 0 Å². The van der Waals surface area contributed by atoms with Gasteiger partial charge in [-0.2, -0.15) is 0 Å². The molecule has 0 N–H and O–H groups in total. The topological polar surface area (TPSA) is 9.23 Å². The van der Waals surface area contributed by atoms with Crippen molar-refractivity contribution < 1.29 is 4.74 Å². The lowest BCUT2D eigenvalue weighted by Gasteiger charge is -2.10. The molecule has 0 amide bonds. The van der Waals surface area contributed by atoms with Crippen LogP contribution in [0.15, 0.2) is 47.1 Å². The van der Waals surface area contributed by atoms with E-state index in [1.54, 1.807) is 0 Å². The van der Waals surface area contributed by atoms with Gasteiger partial charge in [0.15, 0.2) is 0 Å². The van der Waals surface area contributed by atoms with Gasteiger partial charge in [0.05, 0.1) is 7.14 Å². The Morgan fingerprint density at radius 1 is 0.840 bits per heavy atom. The smallest absolute Gasteiger partial charge is 0.146 e. The first kappa shape index (κ1) is 23.5. The molecule has 0 aromatic heterocycles. The summed E-state index contributed by atoms with van der Waals surface area (Å²) in [6.45, 7) is 9.39. The van der Waals surface area contributed by atoms with Crippen LogP contribution >= 0.6 is 67.8 Å². The number of ether oxygens (including phenoxy) is 1. The van der Waals surface area contributed by atoms with Gasteiger partial charge in [0.2, 0.25) is 0 Å². The first-order chi connectivity index (χ1) is 11.8. The highest BCUT2D eigenvalue weighted by Gasteiger charge is 2.07. The monoisotopic (exact) mass is 676 g/mol. The Bertz CT molecular complexity index is 630. The molecule has 0 bridgehead atoms. The summed E-state index contributed by atoms with van der Waals surface area (Å²) in [5, 5.41) is 0. The molecule has 1 rings (SSSR count). The van der Waals surface area contributed by atoms with Gasteiger partial charge in [0, 0.05) is 3.57 Å². The van der Waals surface area contributed by atoms with Crippen molar-refractivity contribution in [2.75, 3.05) is 6.61 Å². The Labute approximate surface area is 194 Å². The maximum Gasteiger partial charge on any atom is 0.146 e. The molecule has 0 unspecified atom stereocenters. The second-order valence-corrected chi connectivity index (χ2v) is 10.0. The fraction of sp³-hybridized carbons (Fsp3) is 0.429. The summed E-state index contributed by atoms with van der Waals surface area (Å²) in [5.74, 6) is 1.00. The van der Waals surface area contributed by atoms with Crippen LogP contribution in [0.3, 0.4) is 0 Å². The van der Waals surface area contributed by atoms with Crippen molar-refractivity contribution in [1.29, 1.82) is 0 Å². The highest BCUT2D eigenvalue weighted by Crippen LogP contribution is 2.29. The van der Waals surface area contributed by atoms with E-state index >= 15 is 0 Å². The summed E-state index contributed by atoms with van der Waals surface area (Å²) in [6.07, 6.45) is 11.4. The molecule has 0 aliphatic heterocycles. The zero-order valence-electron chi connectivity index (χ0n) is 15.5. The van der Waals surface area contributed by atoms with Crippen LogP contribution in [0.25, 0.3) is 0 Å². The van der Waals surface area contributed by atoms with Crippen LogP contribution in [0, 0.1) is 10.7 Å². The molecule has 0 spiro atoms. The standard InChI is InChI=1S/C21H27I3O/c1-15(2)7-5-8-16(3)9-6-10-17(4)11-12-25-21-19(23)13-18(22)14-20(21)24/h7,9,11,13-14H,5-6,8,10,12H2,1-4H3/b16-9+,17-11+. The number of halogens is 3. The first-order valence-corrected chi connectivity index (χ1v) is 11.7. The van der Waals surface area contributed by atoms with Crippen molar-refractivity contribution in [3.8, 4) is 5.75 Å². The van der Waals surface area contributed by atoms with Crippen molar-refractivity contribution in [2.45, 2.75) is 53.4 Å². The van der Waals surface area contributed by atoms with E-state index in [2.05, 4.69) is 126 Å². The van der Waals surface area contributed by atoms with Crippen molar-refractivity contribution >= 4 is 67.8 Å². The van der Waals surface area contributed by atoms with E-state index in [0.717, 1.165) is 25.0 Å². The van der Waals surface area contributed by atoms with Gasteiger partial charge in [-0.15, -0.1) is 0 Å². The summed E-state index contributed by atoms with van der Waals surface area (Å²) in [7, 11) is 0. The SMILES string of the molecule is CC(C)=CCC/C(C)=C/CC/C(C)=C/COc1c(I)cc(I)cc1I. The van der Waals surface area contributed by atoms with Gasteiger partial charge in [0.1, 0.15) is 12.4 Å². The predicted molar refractivity (Wildman–Crippen MR) is 136 cm³/mol. The third-order valence-electron chi connectivity index (χ3n) is 3.75. The number of hydrogen-bond donors (Lipinski definition) is 0. The third-order valence-corrected chi connectivity index (χ3v) is 5.97. The minimum atomic E-state index is 0.641. The molecule has 0 fully saturated rings. The molecule has 0 heterocycles. The average Bonchev–Trinajstić information content (AvgIpc) is 2.49. The lowest BCUT2D eigenvalue weighted by molar-refractivity contribution is 0.356. The fourth-order valence-electron chi connectivity index (χ4n) is 2.27. The maximum atomic E-state index is 5.98. The molecule has 1 aromatic rings. The van der Waals surface area contributed by atoms with Crippen LogP contribution in [0.5, 0.6) is 5.75 Å². The van der Waals surface area contributed by atoms with Gasteiger partial charge in [-0.25, -0.2) is 0 Å². The Kier molecular flexibility index (Phi) is 12.0. The van der Waals surface area contributed by atoms with E-state index < -0.39 is 0 Å². The van der Waals surface area contributed by atoms with E-state index in [1.165, 1.54) is 33.9 Å². The van der Waals surface area contributed by atoms with Gasteiger partial charge in [-0.3, -0.25) is 0 Å². The van der Waals surface area contributed by atoms with Gasteiger partial charge >= 0.3 is 0 Å². The van der Waals surface area contributed by atoms with E-state index in [9.17, 15) is 0 Å². The molecule has 25 heavy (non-hydrogen) atoms. The molecular formula is C21H27I3O. The predicted octanol–water partition coefficient (Wildman–Crippen LogP) is 8.30. The number of rotatable bonds is 9. The second kappa shape index (κ2) is 12.8. The average molecular weight is 676 g/mol. The molecule has 0 aliphatic carbocycles. The van der Waals surface area contributed by atoms with Crippen molar-refractivity contribution in [3.05, 3.63) is 57.8 Å². The second-order valence-electron chi connectivity index (χ2n) is 6.47. The normalized spacial score (nSPS) is 12.3. The molecule has 138 valence electrons. The molecule has 4 heteroatoms. The van der Waals surface area contributed by atoms with Crippen LogP contribution in [-0.4, -0.2) is 6.61 Å². The maximum absolute atomic E-state index is 5.98. The Hall–Kier alpha value is 0.430. The third kappa shape index (κ3) is 10.4. The van der Waals surface area contributed by atoms with E-state index in [-0.39, 0.29) is 0 Å². The summed E-state index contributed by atoms with van der Waals surface area (Å²) in [4.78, 5) is 0. The van der Waals surface area contributed by atoms with Gasteiger partial charge in [-0.1, -0.05) is 28.9 Å². The lowest BCUT2D eigenvalue weighted by Crippen LogP contribution is -1.99. The van der Waals surface area contributed by atoms with Crippen LogP contribution < -0.4 is 4.74 Å². The lowest BCUT2D eigenvalue weighted by atomic mass is 10.1. The summed E-state index contributed by atoms with van der Waals surface area (Å²) >= 11 is 7.03. The molecule has 0 aliphatic rings. The molecule has 0 atom stereocenters. The number of hydrogen-bond acceptors (Lipinski definition) is 1. The van der Waals surface area contributed by atoms with Crippen LogP contribution in [-0.2, 0) is 0 Å². The Morgan fingerprint density at radius 2 is 1.36 bits per heavy atom. The minimum absolute atomic E-state index is 0.641.